The lowest BCUT2D eigenvalue weighted by Crippen LogP contribution is -2.04. The van der Waals surface area contributed by atoms with Crippen LogP contribution in [0.15, 0.2) is 22.6 Å². The van der Waals surface area contributed by atoms with Gasteiger partial charge in [-0.3, -0.25) is 4.21 Å². The first-order valence-corrected chi connectivity index (χ1v) is 6.59. The Morgan fingerprint density at radius 2 is 2.36 bits per heavy atom. The first-order valence-electron chi connectivity index (χ1n) is 3.81. The van der Waals surface area contributed by atoms with Gasteiger partial charge < -0.3 is 0 Å². The Kier molecular flexibility index (Phi) is 2.51. The van der Waals surface area contributed by atoms with E-state index in [9.17, 15) is 4.21 Å². The van der Waals surface area contributed by atoms with Gasteiger partial charge in [-0.15, -0.1) is 16.9 Å². The first kappa shape index (κ1) is 9.60. The van der Waals surface area contributed by atoms with Crippen molar-refractivity contribution in [3.63, 3.8) is 0 Å². The van der Waals surface area contributed by atoms with E-state index in [2.05, 4.69) is 15.1 Å². The third kappa shape index (κ3) is 1.53. The Balaban J connectivity index is 2.73. The number of thioether (sulfide) groups is 1. The van der Waals surface area contributed by atoms with Gasteiger partial charge in [0.2, 0.25) is 5.16 Å². The Morgan fingerprint density at radius 1 is 1.57 bits per heavy atom. The van der Waals surface area contributed by atoms with Gasteiger partial charge in [-0.05, 0) is 6.26 Å². The van der Waals surface area contributed by atoms with Gasteiger partial charge >= 0.3 is 0 Å². The number of hydrogen-bond donors (Lipinski definition) is 0. The van der Waals surface area contributed by atoms with Gasteiger partial charge in [-0.2, -0.15) is 0 Å². The molecule has 0 aliphatic carbocycles. The van der Waals surface area contributed by atoms with E-state index < -0.39 is 10.8 Å². The molecule has 0 aliphatic heterocycles. The standard InChI is InChI=1S/C7H8N4OS2/c1-13-6-5-8-3-4-11(5)10-7(9-6)14(2)12/h3-4H,1-2H3. The summed E-state index contributed by atoms with van der Waals surface area (Å²) in [7, 11) is -1.17. The minimum Gasteiger partial charge on any atom is -0.251 e. The largest absolute Gasteiger partial charge is 0.251 e. The number of aromatic nitrogens is 4. The molecule has 0 aliphatic rings. The topological polar surface area (TPSA) is 60.2 Å². The molecule has 2 aromatic heterocycles. The summed E-state index contributed by atoms with van der Waals surface area (Å²) in [5.74, 6) is 0. The lowest BCUT2D eigenvalue weighted by atomic mass is 10.8. The van der Waals surface area contributed by atoms with Crippen LogP contribution in [0.1, 0.15) is 0 Å². The maximum absolute atomic E-state index is 11.2. The normalized spacial score (nSPS) is 13.3. The zero-order valence-corrected chi connectivity index (χ0v) is 9.30. The van der Waals surface area contributed by atoms with Gasteiger partial charge in [0, 0.05) is 18.6 Å². The summed E-state index contributed by atoms with van der Waals surface area (Å²) in [4.78, 5) is 8.27. The molecule has 1 unspecified atom stereocenters. The van der Waals surface area contributed by atoms with Gasteiger partial charge in [-0.25, -0.2) is 14.5 Å². The van der Waals surface area contributed by atoms with Crippen LogP contribution in [-0.4, -0.2) is 36.3 Å². The SMILES string of the molecule is CSc1nc(S(C)=O)nn2ccnc12. The van der Waals surface area contributed by atoms with Gasteiger partial charge in [0.25, 0.3) is 0 Å². The van der Waals surface area contributed by atoms with Crippen LogP contribution < -0.4 is 0 Å². The second-order valence-corrected chi connectivity index (χ2v) is 4.62. The lowest BCUT2D eigenvalue weighted by molar-refractivity contribution is 0.666. The minimum absolute atomic E-state index is 0.333. The predicted molar refractivity (Wildman–Crippen MR) is 54.9 cm³/mol. The Hall–Kier alpha value is -0.950. The van der Waals surface area contributed by atoms with Crippen molar-refractivity contribution in [2.45, 2.75) is 10.2 Å². The second-order valence-electron chi connectivity index (χ2n) is 2.55. The van der Waals surface area contributed by atoms with Crippen molar-refractivity contribution in [2.24, 2.45) is 0 Å². The van der Waals surface area contributed by atoms with E-state index in [0.717, 1.165) is 5.03 Å². The fourth-order valence-electron chi connectivity index (χ4n) is 1.04. The van der Waals surface area contributed by atoms with E-state index in [1.165, 1.54) is 11.8 Å². The molecule has 0 radical (unpaired) electrons. The van der Waals surface area contributed by atoms with Crippen molar-refractivity contribution >= 4 is 28.2 Å². The second kappa shape index (κ2) is 3.66. The van der Waals surface area contributed by atoms with E-state index in [1.807, 2.05) is 6.26 Å². The molecular formula is C7H8N4OS2. The molecule has 0 bridgehead atoms. The van der Waals surface area contributed by atoms with Gasteiger partial charge in [0.1, 0.15) is 5.03 Å². The van der Waals surface area contributed by atoms with E-state index in [1.54, 1.807) is 23.2 Å². The smallest absolute Gasteiger partial charge is 0.238 e. The summed E-state index contributed by atoms with van der Waals surface area (Å²) in [5.41, 5.74) is 0.701. The van der Waals surface area contributed by atoms with Crippen molar-refractivity contribution in [1.29, 1.82) is 0 Å². The van der Waals surface area contributed by atoms with Crippen LogP contribution in [0.25, 0.3) is 5.65 Å². The number of hydrogen-bond acceptors (Lipinski definition) is 5. The van der Waals surface area contributed by atoms with Crippen LogP contribution in [-0.2, 0) is 10.8 Å². The van der Waals surface area contributed by atoms with Crippen LogP contribution in [0.5, 0.6) is 0 Å². The highest BCUT2D eigenvalue weighted by molar-refractivity contribution is 7.98. The van der Waals surface area contributed by atoms with Crippen molar-refractivity contribution in [2.75, 3.05) is 12.5 Å². The van der Waals surface area contributed by atoms with E-state index in [-0.39, 0.29) is 0 Å². The lowest BCUT2D eigenvalue weighted by Gasteiger charge is -2.00. The zero-order valence-electron chi connectivity index (χ0n) is 7.67. The molecule has 2 aromatic rings. The predicted octanol–water partition coefficient (Wildman–Crippen LogP) is 0.584. The van der Waals surface area contributed by atoms with Crippen LogP contribution in [0.3, 0.4) is 0 Å². The fourth-order valence-corrected chi connectivity index (χ4v) is 2.03. The fraction of sp³-hybridized carbons (Fsp3) is 0.286. The maximum atomic E-state index is 11.2. The van der Waals surface area contributed by atoms with Crippen LogP contribution in [0.4, 0.5) is 0 Å². The molecule has 7 heteroatoms. The quantitative estimate of drug-likeness (QED) is 0.704. The highest BCUT2D eigenvalue weighted by Gasteiger charge is 2.09. The van der Waals surface area contributed by atoms with E-state index in [0.29, 0.717) is 10.8 Å². The van der Waals surface area contributed by atoms with Crippen molar-refractivity contribution in [1.82, 2.24) is 19.6 Å². The monoisotopic (exact) mass is 228 g/mol. The minimum atomic E-state index is -1.17. The van der Waals surface area contributed by atoms with Crippen molar-refractivity contribution in [3.8, 4) is 0 Å². The molecule has 0 N–H and O–H groups in total. The molecule has 5 nitrogen and oxygen atoms in total. The van der Waals surface area contributed by atoms with Crippen LogP contribution >= 0.6 is 11.8 Å². The summed E-state index contributed by atoms with van der Waals surface area (Å²) in [6.45, 7) is 0. The molecule has 0 spiro atoms. The molecule has 0 amide bonds. The van der Waals surface area contributed by atoms with Crippen molar-refractivity contribution < 1.29 is 4.21 Å². The molecule has 1 atom stereocenters. The highest BCUT2D eigenvalue weighted by Crippen LogP contribution is 2.17. The number of fused-ring (bicyclic) bond motifs is 1. The molecule has 0 saturated carbocycles. The van der Waals surface area contributed by atoms with E-state index in [4.69, 9.17) is 0 Å². The molecule has 0 fully saturated rings. The summed E-state index contributed by atoms with van der Waals surface area (Å²) in [5, 5.41) is 5.15. The molecule has 2 rings (SSSR count). The average Bonchev–Trinajstić information content (AvgIpc) is 2.63. The average molecular weight is 228 g/mol. The van der Waals surface area contributed by atoms with E-state index >= 15 is 0 Å². The molecule has 74 valence electrons. The molecule has 0 saturated heterocycles. The summed E-state index contributed by atoms with van der Waals surface area (Å²) in [6, 6.07) is 0. The molecule has 0 aromatic carbocycles. The Labute approximate surface area is 87.4 Å². The molecule has 2 heterocycles. The third-order valence-electron chi connectivity index (χ3n) is 1.65. The maximum Gasteiger partial charge on any atom is 0.238 e. The Bertz CT molecular complexity index is 495. The van der Waals surface area contributed by atoms with Gasteiger partial charge in [-0.1, -0.05) is 0 Å². The van der Waals surface area contributed by atoms with Crippen LogP contribution in [0, 0.1) is 0 Å². The van der Waals surface area contributed by atoms with Gasteiger partial charge in [0.15, 0.2) is 5.65 Å². The summed E-state index contributed by atoms with van der Waals surface area (Å²) in [6.07, 6.45) is 6.82. The summed E-state index contributed by atoms with van der Waals surface area (Å²) < 4.78 is 12.8. The number of imidazole rings is 1. The number of nitrogens with zero attached hydrogens (tertiary/aromatic N) is 4. The molecule has 14 heavy (non-hydrogen) atoms. The number of rotatable bonds is 2. The summed E-state index contributed by atoms with van der Waals surface area (Å²) >= 11 is 1.47. The van der Waals surface area contributed by atoms with Crippen LogP contribution in [0.2, 0.25) is 0 Å². The highest BCUT2D eigenvalue weighted by atomic mass is 32.2. The Morgan fingerprint density at radius 3 is 3.00 bits per heavy atom. The zero-order chi connectivity index (χ0) is 10.1. The van der Waals surface area contributed by atoms with Crippen molar-refractivity contribution in [3.05, 3.63) is 12.4 Å². The van der Waals surface area contributed by atoms with Gasteiger partial charge in [0.05, 0.1) is 10.8 Å². The first-order chi connectivity index (χ1) is 6.72. The molecular weight excluding hydrogens is 220 g/mol. The third-order valence-corrected chi connectivity index (χ3v) is 3.00.